The van der Waals surface area contributed by atoms with E-state index in [0.29, 0.717) is 25.1 Å². The van der Waals surface area contributed by atoms with E-state index in [1.807, 2.05) is 18.2 Å². The van der Waals surface area contributed by atoms with Crippen LogP contribution >= 0.6 is 0 Å². The van der Waals surface area contributed by atoms with E-state index in [-0.39, 0.29) is 17.6 Å². The van der Waals surface area contributed by atoms with Crippen LogP contribution in [-0.2, 0) is 4.79 Å². The summed E-state index contributed by atoms with van der Waals surface area (Å²) in [6, 6.07) is 13.0. The molecule has 0 aliphatic carbocycles. The SMILES string of the molecule is CCCC[C@@H]1C(=O)N(C)CCN1C(=O)c1ccccc1-c1ccc(F)cc1. The lowest BCUT2D eigenvalue weighted by Crippen LogP contribution is -2.57. The molecule has 142 valence electrons. The third kappa shape index (κ3) is 4.02. The van der Waals surface area contributed by atoms with Crippen LogP contribution in [0.3, 0.4) is 0 Å². The van der Waals surface area contributed by atoms with Gasteiger partial charge >= 0.3 is 0 Å². The molecule has 1 heterocycles. The number of amides is 2. The Hall–Kier alpha value is -2.69. The van der Waals surface area contributed by atoms with Gasteiger partial charge in [-0.2, -0.15) is 0 Å². The minimum atomic E-state index is -0.419. The maximum absolute atomic E-state index is 13.4. The number of rotatable bonds is 5. The van der Waals surface area contributed by atoms with Crippen LogP contribution in [0, 0.1) is 5.82 Å². The molecule has 1 saturated heterocycles. The van der Waals surface area contributed by atoms with E-state index in [4.69, 9.17) is 0 Å². The maximum Gasteiger partial charge on any atom is 0.255 e. The molecule has 2 amide bonds. The monoisotopic (exact) mass is 368 g/mol. The quantitative estimate of drug-likeness (QED) is 0.801. The fraction of sp³-hybridized carbons (Fsp3) is 0.364. The molecule has 0 saturated carbocycles. The second kappa shape index (κ2) is 8.33. The summed E-state index contributed by atoms with van der Waals surface area (Å²) >= 11 is 0. The minimum absolute atomic E-state index is 0.00214. The number of hydrogen-bond acceptors (Lipinski definition) is 2. The molecule has 0 bridgehead atoms. The lowest BCUT2D eigenvalue weighted by atomic mass is 9.97. The van der Waals surface area contributed by atoms with Crippen molar-refractivity contribution in [3.63, 3.8) is 0 Å². The molecule has 1 aliphatic rings. The lowest BCUT2D eigenvalue weighted by molar-refractivity contribution is -0.138. The topological polar surface area (TPSA) is 40.6 Å². The fourth-order valence-corrected chi connectivity index (χ4v) is 3.54. The second-order valence-corrected chi connectivity index (χ2v) is 6.97. The lowest BCUT2D eigenvalue weighted by Gasteiger charge is -2.39. The van der Waals surface area contributed by atoms with E-state index < -0.39 is 6.04 Å². The number of nitrogens with zero attached hydrogens (tertiary/aromatic N) is 2. The van der Waals surface area contributed by atoms with Gasteiger partial charge in [0.05, 0.1) is 0 Å². The molecule has 3 rings (SSSR count). The maximum atomic E-state index is 13.4. The van der Waals surface area contributed by atoms with Crippen molar-refractivity contribution in [2.24, 2.45) is 0 Å². The summed E-state index contributed by atoms with van der Waals surface area (Å²) in [5, 5.41) is 0. The van der Waals surface area contributed by atoms with Crippen LogP contribution < -0.4 is 0 Å². The summed E-state index contributed by atoms with van der Waals surface area (Å²) in [4.78, 5) is 29.4. The fourth-order valence-electron chi connectivity index (χ4n) is 3.54. The molecule has 5 heteroatoms. The van der Waals surface area contributed by atoms with Gasteiger partial charge in [0.2, 0.25) is 5.91 Å². The van der Waals surface area contributed by atoms with Crippen molar-refractivity contribution in [2.45, 2.75) is 32.2 Å². The van der Waals surface area contributed by atoms with E-state index >= 15 is 0 Å². The molecule has 2 aromatic carbocycles. The van der Waals surface area contributed by atoms with Gasteiger partial charge in [-0.15, -0.1) is 0 Å². The Morgan fingerprint density at radius 2 is 1.81 bits per heavy atom. The van der Waals surface area contributed by atoms with Gasteiger partial charge in [-0.1, -0.05) is 50.1 Å². The Morgan fingerprint density at radius 1 is 1.11 bits per heavy atom. The minimum Gasteiger partial charge on any atom is -0.342 e. The molecule has 4 nitrogen and oxygen atoms in total. The summed E-state index contributed by atoms with van der Waals surface area (Å²) in [6.45, 7) is 3.13. The molecular formula is C22H25FN2O2. The molecule has 27 heavy (non-hydrogen) atoms. The third-order valence-corrected chi connectivity index (χ3v) is 5.12. The largest absolute Gasteiger partial charge is 0.342 e. The zero-order chi connectivity index (χ0) is 19.4. The Morgan fingerprint density at radius 3 is 2.52 bits per heavy atom. The Kier molecular flexibility index (Phi) is 5.89. The number of likely N-dealkylation sites (N-methyl/N-ethyl adjacent to an activating group) is 1. The summed E-state index contributed by atoms with van der Waals surface area (Å²) < 4.78 is 13.3. The third-order valence-electron chi connectivity index (χ3n) is 5.12. The van der Waals surface area contributed by atoms with Gasteiger partial charge in [-0.05, 0) is 35.7 Å². The molecule has 0 aromatic heterocycles. The smallest absolute Gasteiger partial charge is 0.255 e. The molecule has 0 spiro atoms. The van der Waals surface area contributed by atoms with E-state index in [1.165, 1.54) is 12.1 Å². The van der Waals surface area contributed by atoms with Gasteiger partial charge in [-0.3, -0.25) is 9.59 Å². The average Bonchev–Trinajstić information content (AvgIpc) is 2.69. The van der Waals surface area contributed by atoms with Gasteiger partial charge < -0.3 is 9.80 Å². The average molecular weight is 368 g/mol. The zero-order valence-electron chi connectivity index (χ0n) is 15.8. The van der Waals surface area contributed by atoms with E-state index in [1.54, 1.807) is 35.0 Å². The molecule has 1 atom stereocenters. The summed E-state index contributed by atoms with van der Waals surface area (Å²) in [5.74, 6) is -0.452. The number of carbonyl (C=O) groups excluding carboxylic acids is 2. The molecule has 0 radical (unpaired) electrons. The number of piperazine rings is 1. The van der Waals surface area contributed by atoms with Crippen LogP contribution in [0.1, 0.15) is 36.5 Å². The molecular weight excluding hydrogens is 343 g/mol. The van der Waals surface area contributed by atoms with Gasteiger partial charge in [0.1, 0.15) is 11.9 Å². The van der Waals surface area contributed by atoms with Crippen molar-refractivity contribution in [1.29, 1.82) is 0 Å². The van der Waals surface area contributed by atoms with E-state index in [0.717, 1.165) is 24.0 Å². The van der Waals surface area contributed by atoms with Gasteiger partial charge in [0, 0.05) is 25.7 Å². The first-order valence-electron chi connectivity index (χ1n) is 9.44. The van der Waals surface area contributed by atoms with Crippen molar-refractivity contribution in [3.8, 4) is 11.1 Å². The highest BCUT2D eigenvalue weighted by atomic mass is 19.1. The number of halogens is 1. The normalized spacial score (nSPS) is 17.3. The van der Waals surface area contributed by atoms with Crippen molar-refractivity contribution in [3.05, 3.63) is 59.9 Å². The van der Waals surface area contributed by atoms with Crippen molar-refractivity contribution >= 4 is 11.8 Å². The summed E-state index contributed by atoms with van der Waals surface area (Å²) in [5.41, 5.74) is 2.08. The molecule has 1 aliphatic heterocycles. The number of benzene rings is 2. The van der Waals surface area contributed by atoms with Crippen LogP contribution in [0.4, 0.5) is 4.39 Å². The molecule has 0 unspecified atom stereocenters. The van der Waals surface area contributed by atoms with Crippen LogP contribution in [0.25, 0.3) is 11.1 Å². The predicted molar refractivity (Wildman–Crippen MR) is 104 cm³/mol. The number of unbranched alkanes of at least 4 members (excludes halogenated alkanes) is 1. The first-order valence-corrected chi connectivity index (χ1v) is 9.44. The highest BCUT2D eigenvalue weighted by Gasteiger charge is 2.36. The van der Waals surface area contributed by atoms with Crippen molar-refractivity contribution in [2.75, 3.05) is 20.1 Å². The standard InChI is InChI=1S/C22H25FN2O2/c1-3-4-9-20-22(27)24(2)14-15-25(20)21(26)19-8-6-5-7-18(19)16-10-12-17(23)13-11-16/h5-8,10-13,20H,3-4,9,14-15H2,1-2H3/t20-/m1/s1. The van der Waals surface area contributed by atoms with Crippen molar-refractivity contribution in [1.82, 2.24) is 9.80 Å². The van der Waals surface area contributed by atoms with Crippen molar-refractivity contribution < 1.29 is 14.0 Å². The van der Waals surface area contributed by atoms with E-state index in [2.05, 4.69) is 6.92 Å². The number of hydrogen-bond donors (Lipinski definition) is 0. The van der Waals surface area contributed by atoms with E-state index in [9.17, 15) is 14.0 Å². The molecule has 2 aromatic rings. The number of carbonyl (C=O) groups is 2. The second-order valence-electron chi connectivity index (χ2n) is 6.97. The summed E-state index contributed by atoms with van der Waals surface area (Å²) in [7, 11) is 1.79. The first kappa shape index (κ1) is 19.1. The van der Waals surface area contributed by atoms with Crippen LogP contribution in [0.15, 0.2) is 48.5 Å². The molecule has 1 fully saturated rings. The summed E-state index contributed by atoms with van der Waals surface area (Å²) in [6.07, 6.45) is 2.54. The highest BCUT2D eigenvalue weighted by Crippen LogP contribution is 2.27. The Balaban J connectivity index is 1.95. The van der Waals surface area contributed by atoms with Crippen LogP contribution in [0.5, 0.6) is 0 Å². The molecule has 0 N–H and O–H groups in total. The Labute approximate surface area is 159 Å². The Bertz CT molecular complexity index is 819. The first-order chi connectivity index (χ1) is 13.0. The predicted octanol–water partition coefficient (Wildman–Crippen LogP) is 3.97. The highest BCUT2D eigenvalue weighted by molar-refractivity contribution is 6.03. The van der Waals surface area contributed by atoms with Crippen LogP contribution in [0.2, 0.25) is 0 Å². The van der Waals surface area contributed by atoms with Gasteiger partial charge in [-0.25, -0.2) is 4.39 Å². The zero-order valence-corrected chi connectivity index (χ0v) is 15.8. The van der Waals surface area contributed by atoms with Crippen LogP contribution in [-0.4, -0.2) is 47.8 Å². The van der Waals surface area contributed by atoms with Gasteiger partial charge in [0.25, 0.3) is 5.91 Å². The van der Waals surface area contributed by atoms with Gasteiger partial charge in [0.15, 0.2) is 0 Å².